The monoisotopic (exact) mass is 231 g/mol. The minimum absolute atomic E-state index is 0.266. The van der Waals surface area contributed by atoms with Crippen molar-refractivity contribution in [1.29, 1.82) is 0 Å². The smallest absolute Gasteiger partial charge is 0.0916 e. The second-order valence-electron chi connectivity index (χ2n) is 4.07. The van der Waals surface area contributed by atoms with Gasteiger partial charge in [-0.05, 0) is 25.0 Å². The van der Waals surface area contributed by atoms with E-state index in [0.717, 1.165) is 29.9 Å². The van der Waals surface area contributed by atoms with Gasteiger partial charge in [0.1, 0.15) is 0 Å². The van der Waals surface area contributed by atoms with Crippen molar-refractivity contribution in [1.82, 2.24) is 20.0 Å². The molecule has 1 unspecified atom stereocenters. The molecule has 2 heterocycles. The Hall–Kier alpha value is -1.75. The van der Waals surface area contributed by atoms with Crippen LogP contribution in [0.4, 0.5) is 0 Å². The van der Waals surface area contributed by atoms with E-state index in [9.17, 15) is 0 Å². The molecule has 0 aliphatic heterocycles. The first-order chi connectivity index (χ1) is 8.24. The van der Waals surface area contributed by atoms with E-state index in [0.29, 0.717) is 0 Å². The summed E-state index contributed by atoms with van der Waals surface area (Å²) in [7, 11) is 0. The summed E-state index contributed by atoms with van der Waals surface area (Å²) in [6.45, 7) is 4.94. The predicted molar refractivity (Wildman–Crippen MR) is 65.3 cm³/mol. The first-order valence-corrected chi connectivity index (χ1v) is 5.79. The predicted octanol–water partition coefficient (Wildman–Crippen LogP) is 1.44. The number of aromatic nitrogens is 4. The summed E-state index contributed by atoms with van der Waals surface area (Å²) in [6, 6.07) is 3.65. The van der Waals surface area contributed by atoms with Crippen LogP contribution in [0.25, 0.3) is 0 Å². The highest BCUT2D eigenvalue weighted by atomic mass is 15.4. The molecule has 2 aromatic heterocycles. The molecule has 1 atom stereocenters. The van der Waals surface area contributed by atoms with Crippen LogP contribution in [0.5, 0.6) is 0 Å². The molecule has 0 saturated heterocycles. The van der Waals surface area contributed by atoms with Crippen LogP contribution in [0.3, 0.4) is 0 Å². The molecule has 90 valence electrons. The Bertz CT molecular complexity index is 491. The molecule has 2 N–H and O–H groups in total. The van der Waals surface area contributed by atoms with E-state index in [-0.39, 0.29) is 6.04 Å². The van der Waals surface area contributed by atoms with Crippen LogP contribution in [0.15, 0.2) is 24.5 Å². The molecule has 0 bridgehead atoms. The lowest BCUT2D eigenvalue weighted by Crippen LogP contribution is -2.19. The van der Waals surface area contributed by atoms with Crippen LogP contribution in [0, 0.1) is 6.92 Å². The number of pyridine rings is 1. The summed E-state index contributed by atoms with van der Waals surface area (Å²) in [5.41, 5.74) is 9.11. The number of hydrogen-bond acceptors (Lipinski definition) is 4. The van der Waals surface area contributed by atoms with Crippen molar-refractivity contribution in [3.05, 3.63) is 41.5 Å². The van der Waals surface area contributed by atoms with Gasteiger partial charge >= 0.3 is 0 Å². The highest BCUT2D eigenvalue weighted by molar-refractivity contribution is 5.26. The number of rotatable bonds is 4. The van der Waals surface area contributed by atoms with Crippen molar-refractivity contribution >= 4 is 0 Å². The zero-order chi connectivity index (χ0) is 12.3. The van der Waals surface area contributed by atoms with Crippen LogP contribution < -0.4 is 5.73 Å². The SMILES string of the molecule is CCCn1nncc1C(N)c1ncccc1C. The van der Waals surface area contributed by atoms with Gasteiger partial charge in [-0.15, -0.1) is 5.10 Å². The van der Waals surface area contributed by atoms with Crippen molar-refractivity contribution < 1.29 is 0 Å². The Morgan fingerprint density at radius 2 is 2.29 bits per heavy atom. The van der Waals surface area contributed by atoms with E-state index in [2.05, 4.69) is 22.2 Å². The third kappa shape index (κ3) is 2.34. The second kappa shape index (κ2) is 5.05. The molecule has 0 fully saturated rings. The van der Waals surface area contributed by atoms with Gasteiger partial charge in [0.05, 0.1) is 23.6 Å². The summed E-state index contributed by atoms with van der Waals surface area (Å²) in [6.07, 6.45) is 4.48. The topological polar surface area (TPSA) is 69.6 Å². The van der Waals surface area contributed by atoms with Crippen LogP contribution in [-0.2, 0) is 6.54 Å². The Kier molecular flexibility index (Phi) is 3.49. The van der Waals surface area contributed by atoms with Gasteiger partial charge in [0.15, 0.2) is 0 Å². The summed E-state index contributed by atoms with van der Waals surface area (Å²) in [4.78, 5) is 4.34. The van der Waals surface area contributed by atoms with Gasteiger partial charge in [-0.1, -0.05) is 18.2 Å². The van der Waals surface area contributed by atoms with E-state index in [4.69, 9.17) is 5.73 Å². The summed E-state index contributed by atoms with van der Waals surface area (Å²) in [5, 5.41) is 7.96. The van der Waals surface area contributed by atoms with E-state index in [1.807, 2.05) is 23.7 Å². The summed E-state index contributed by atoms with van der Waals surface area (Å²) < 4.78 is 1.85. The van der Waals surface area contributed by atoms with Crippen molar-refractivity contribution in [2.75, 3.05) is 0 Å². The quantitative estimate of drug-likeness (QED) is 0.864. The zero-order valence-electron chi connectivity index (χ0n) is 10.2. The van der Waals surface area contributed by atoms with Crippen LogP contribution in [-0.4, -0.2) is 20.0 Å². The van der Waals surface area contributed by atoms with E-state index < -0.39 is 0 Å². The molecule has 0 spiro atoms. The lowest BCUT2D eigenvalue weighted by molar-refractivity contribution is 0.540. The van der Waals surface area contributed by atoms with Crippen molar-refractivity contribution in [2.45, 2.75) is 32.9 Å². The van der Waals surface area contributed by atoms with Gasteiger partial charge in [-0.2, -0.15) is 0 Å². The van der Waals surface area contributed by atoms with Crippen molar-refractivity contribution in [3.8, 4) is 0 Å². The molecule has 2 aromatic rings. The van der Waals surface area contributed by atoms with Gasteiger partial charge in [0, 0.05) is 12.7 Å². The minimum Gasteiger partial charge on any atom is -0.318 e. The molecule has 0 aromatic carbocycles. The lowest BCUT2D eigenvalue weighted by atomic mass is 10.1. The molecule has 5 heteroatoms. The van der Waals surface area contributed by atoms with Crippen LogP contribution in [0.1, 0.15) is 36.3 Å². The molecule has 0 aliphatic carbocycles. The van der Waals surface area contributed by atoms with E-state index in [1.54, 1.807) is 12.4 Å². The van der Waals surface area contributed by atoms with Gasteiger partial charge in [-0.25, -0.2) is 4.68 Å². The Morgan fingerprint density at radius 3 is 3.00 bits per heavy atom. The van der Waals surface area contributed by atoms with Gasteiger partial charge in [-0.3, -0.25) is 4.98 Å². The van der Waals surface area contributed by atoms with E-state index >= 15 is 0 Å². The molecule has 2 rings (SSSR count). The van der Waals surface area contributed by atoms with Crippen molar-refractivity contribution in [3.63, 3.8) is 0 Å². The summed E-state index contributed by atoms with van der Waals surface area (Å²) in [5.74, 6) is 0. The fourth-order valence-electron chi connectivity index (χ4n) is 1.86. The Balaban J connectivity index is 2.34. The maximum atomic E-state index is 6.23. The second-order valence-corrected chi connectivity index (χ2v) is 4.07. The average molecular weight is 231 g/mol. The van der Waals surface area contributed by atoms with Gasteiger partial charge < -0.3 is 5.73 Å². The minimum atomic E-state index is -0.266. The highest BCUT2D eigenvalue weighted by Gasteiger charge is 2.17. The maximum absolute atomic E-state index is 6.23. The molecule has 5 nitrogen and oxygen atoms in total. The van der Waals surface area contributed by atoms with Crippen LogP contribution in [0.2, 0.25) is 0 Å². The first-order valence-electron chi connectivity index (χ1n) is 5.79. The van der Waals surface area contributed by atoms with E-state index in [1.165, 1.54) is 0 Å². The number of hydrogen-bond donors (Lipinski definition) is 1. The van der Waals surface area contributed by atoms with Crippen LogP contribution >= 0.6 is 0 Å². The number of nitrogens with two attached hydrogens (primary N) is 1. The largest absolute Gasteiger partial charge is 0.318 e. The Labute approximate surface area is 101 Å². The highest BCUT2D eigenvalue weighted by Crippen LogP contribution is 2.19. The average Bonchev–Trinajstić information content (AvgIpc) is 2.78. The molecule has 0 radical (unpaired) electrons. The van der Waals surface area contributed by atoms with Crippen molar-refractivity contribution in [2.24, 2.45) is 5.73 Å². The third-order valence-electron chi connectivity index (χ3n) is 2.75. The first kappa shape index (κ1) is 11.7. The van der Waals surface area contributed by atoms with Gasteiger partial charge in [0.2, 0.25) is 0 Å². The fourth-order valence-corrected chi connectivity index (χ4v) is 1.86. The molecule has 0 saturated carbocycles. The number of aryl methyl sites for hydroxylation is 2. The molecule has 17 heavy (non-hydrogen) atoms. The lowest BCUT2D eigenvalue weighted by Gasteiger charge is -2.14. The normalized spacial score (nSPS) is 12.6. The standard InChI is InChI=1S/C12H17N5/c1-3-7-17-10(8-15-16-17)11(13)12-9(2)5-4-6-14-12/h4-6,8,11H,3,7,13H2,1-2H3. The Morgan fingerprint density at radius 1 is 1.47 bits per heavy atom. The third-order valence-corrected chi connectivity index (χ3v) is 2.75. The molecular formula is C12H17N5. The maximum Gasteiger partial charge on any atom is 0.0916 e. The van der Waals surface area contributed by atoms with Gasteiger partial charge in [0.25, 0.3) is 0 Å². The molecule has 0 aliphatic rings. The summed E-state index contributed by atoms with van der Waals surface area (Å²) >= 11 is 0. The zero-order valence-corrected chi connectivity index (χ0v) is 10.2. The fraction of sp³-hybridized carbons (Fsp3) is 0.417. The number of nitrogens with zero attached hydrogens (tertiary/aromatic N) is 4. The molecule has 0 amide bonds. The molecular weight excluding hydrogens is 214 g/mol.